The van der Waals surface area contributed by atoms with Crippen LogP contribution in [-0.4, -0.2) is 32.6 Å². The molecule has 162 valence electrons. The lowest BCUT2D eigenvalue weighted by molar-refractivity contribution is 0.252. The Morgan fingerprint density at radius 3 is 2.66 bits per heavy atom. The van der Waals surface area contributed by atoms with Gasteiger partial charge in [0.25, 0.3) is 0 Å². The third kappa shape index (κ3) is 5.70. The Labute approximate surface area is 199 Å². The van der Waals surface area contributed by atoms with E-state index in [1.54, 1.807) is 30.5 Å². The number of hydrogen-bond acceptors (Lipinski definition) is 5. The Hall–Kier alpha value is -3.27. The SMILES string of the molecule is O=C(NCCCCc1ccccc1)Nc1ccc2ncc(-c3ccc(I)cc3O)nc2n1. The van der Waals surface area contributed by atoms with Gasteiger partial charge < -0.3 is 10.4 Å². The van der Waals surface area contributed by atoms with Crippen molar-refractivity contribution < 1.29 is 9.90 Å². The minimum absolute atomic E-state index is 0.131. The molecule has 0 spiro atoms. The Morgan fingerprint density at radius 1 is 1.00 bits per heavy atom. The second kappa shape index (κ2) is 10.4. The van der Waals surface area contributed by atoms with Gasteiger partial charge in [0.05, 0.1) is 11.9 Å². The van der Waals surface area contributed by atoms with Crippen LogP contribution in [0.1, 0.15) is 18.4 Å². The number of urea groups is 1. The van der Waals surface area contributed by atoms with E-state index >= 15 is 0 Å². The minimum atomic E-state index is -0.309. The Morgan fingerprint density at radius 2 is 1.84 bits per heavy atom. The molecule has 2 heterocycles. The summed E-state index contributed by atoms with van der Waals surface area (Å²) in [6.07, 6.45) is 4.48. The van der Waals surface area contributed by atoms with Crippen LogP contribution in [0.4, 0.5) is 10.6 Å². The number of fused-ring (bicyclic) bond motifs is 1. The summed E-state index contributed by atoms with van der Waals surface area (Å²) in [5, 5.41) is 15.8. The first kappa shape index (κ1) is 21.9. The highest BCUT2D eigenvalue weighted by Crippen LogP contribution is 2.29. The molecule has 2 amide bonds. The van der Waals surface area contributed by atoms with Gasteiger partial charge in [-0.1, -0.05) is 30.3 Å². The molecule has 0 aliphatic rings. The molecule has 32 heavy (non-hydrogen) atoms. The number of aromatic nitrogens is 3. The number of carbonyl (C=O) groups is 1. The average molecular weight is 539 g/mol. The molecule has 8 heteroatoms. The Bertz CT molecular complexity index is 1230. The zero-order valence-electron chi connectivity index (χ0n) is 17.3. The van der Waals surface area contributed by atoms with E-state index in [1.165, 1.54) is 5.56 Å². The number of phenols is 1. The summed E-state index contributed by atoms with van der Waals surface area (Å²) in [7, 11) is 0. The summed E-state index contributed by atoms with van der Waals surface area (Å²) in [6.45, 7) is 0.586. The Kier molecular flexibility index (Phi) is 7.10. The van der Waals surface area contributed by atoms with E-state index in [4.69, 9.17) is 0 Å². The zero-order chi connectivity index (χ0) is 22.3. The number of phenolic OH excluding ortho intramolecular Hbond substituents is 1. The number of anilines is 1. The fraction of sp³-hybridized carbons (Fsp3) is 0.167. The zero-order valence-corrected chi connectivity index (χ0v) is 19.4. The predicted molar refractivity (Wildman–Crippen MR) is 134 cm³/mol. The highest BCUT2D eigenvalue weighted by atomic mass is 127. The summed E-state index contributed by atoms with van der Waals surface area (Å²) < 4.78 is 0.924. The second-order valence-corrected chi connectivity index (χ2v) is 8.53. The summed E-state index contributed by atoms with van der Waals surface area (Å²) in [4.78, 5) is 25.5. The van der Waals surface area contributed by atoms with Crippen molar-refractivity contribution in [3.63, 3.8) is 0 Å². The van der Waals surface area contributed by atoms with Gasteiger partial charge in [-0.25, -0.2) is 14.8 Å². The van der Waals surface area contributed by atoms with E-state index in [0.29, 0.717) is 34.8 Å². The molecule has 3 N–H and O–H groups in total. The van der Waals surface area contributed by atoms with E-state index in [9.17, 15) is 9.90 Å². The Balaban J connectivity index is 1.35. The molecule has 0 atom stereocenters. The van der Waals surface area contributed by atoms with E-state index in [1.807, 2.05) is 24.3 Å². The largest absolute Gasteiger partial charge is 0.507 e. The van der Waals surface area contributed by atoms with Crippen molar-refractivity contribution in [2.75, 3.05) is 11.9 Å². The van der Waals surface area contributed by atoms with Gasteiger partial charge in [-0.3, -0.25) is 10.3 Å². The average Bonchev–Trinajstić information content (AvgIpc) is 2.79. The molecule has 0 aliphatic heterocycles. The van der Waals surface area contributed by atoms with Crippen molar-refractivity contribution in [2.24, 2.45) is 0 Å². The molecule has 0 fully saturated rings. The first-order valence-electron chi connectivity index (χ1n) is 10.3. The number of aromatic hydroxyl groups is 1. The maximum atomic E-state index is 12.2. The van der Waals surface area contributed by atoms with Gasteiger partial charge in [-0.05, 0) is 77.7 Å². The molecule has 0 bridgehead atoms. The smallest absolute Gasteiger partial charge is 0.320 e. The number of unbranched alkanes of at least 4 members (excludes halogenated alkanes) is 1. The quantitative estimate of drug-likeness (QED) is 0.223. The van der Waals surface area contributed by atoms with Gasteiger partial charge in [0.2, 0.25) is 0 Å². The number of carbonyl (C=O) groups excluding carboxylic acids is 1. The molecule has 2 aromatic carbocycles. The molecule has 4 aromatic rings. The maximum absolute atomic E-state index is 12.2. The first-order chi connectivity index (χ1) is 15.6. The van der Waals surface area contributed by atoms with Crippen LogP contribution in [0.15, 0.2) is 66.9 Å². The van der Waals surface area contributed by atoms with Crippen molar-refractivity contribution in [2.45, 2.75) is 19.3 Å². The third-order valence-corrected chi connectivity index (χ3v) is 5.58. The molecule has 2 aromatic heterocycles. The van der Waals surface area contributed by atoms with Crippen LogP contribution >= 0.6 is 22.6 Å². The van der Waals surface area contributed by atoms with Gasteiger partial charge in [0, 0.05) is 15.7 Å². The number of halogens is 1. The van der Waals surface area contributed by atoms with Gasteiger partial charge in [0.15, 0.2) is 5.65 Å². The van der Waals surface area contributed by atoms with Crippen LogP contribution in [0.2, 0.25) is 0 Å². The lowest BCUT2D eigenvalue weighted by atomic mass is 10.1. The van der Waals surface area contributed by atoms with Crippen LogP contribution in [-0.2, 0) is 6.42 Å². The number of amides is 2. The topological polar surface area (TPSA) is 100 Å². The van der Waals surface area contributed by atoms with E-state index in [-0.39, 0.29) is 11.8 Å². The van der Waals surface area contributed by atoms with Crippen molar-refractivity contribution >= 4 is 45.6 Å². The molecule has 0 saturated heterocycles. The van der Waals surface area contributed by atoms with Crippen LogP contribution in [0.5, 0.6) is 5.75 Å². The highest BCUT2D eigenvalue weighted by molar-refractivity contribution is 14.1. The van der Waals surface area contributed by atoms with Crippen molar-refractivity contribution in [1.29, 1.82) is 0 Å². The van der Waals surface area contributed by atoms with Crippen LogP contribution in [0.3, 0.4) is 0 Å². The van der Waals surface area contributed by atoms with Gasteiger partial charge in [0.1, 0.15) is 17.1 Å². The monoisotopic (exact) mass is 539 g/mol. The van der Waals surface area contributed by atoms with Crippen molar-refractivity contribution in [1.82, 2.24) is 20.3 Å². The number of nitrogens with one attached hydrogen (secondary N) is 2. The fourth-order valence-corrected chi connectivity index (χ4v) is 3.75. The maximum Gasteiger partial charge on any atom is 0.320 e. The van der Waals surface area contributed by atoms with E-state index in [2.05, 4.69) is 60.3 Å². The molecule has 0 radical (unpaired) electrons. The van der Waals surface area contributed by atoms with Gasteiger partial charge >= 0.3 is 6.03 Å². The summed E-state index contributed by atoms with van der Waals surface area (Å²) in [6, 6.07) is 18.8. The summed E-state index contributed by atoms with van der Waals surface area (Å²) in [5.41, 5.74) is 3.38. The van der Waals surface area contributed by atoms with Crippen LogP contribution in [0, 0.1) is 3.57 Å². The molecular weight excluding hydrogens is 517 g/mol. The molecular formula is C24H22IN5O2. The number of rotatable bonds is 7. The lowest BCUT2D eigenvalue weighted by Crippen LogP contribution is -2.29. The number of pyridine rings is 1. The highest BCUT2D eigenvalue weighted by Gasteiger charge is 2.10. The predicted octanol–water partition coefficient (Wildman–Crippen LogP) is 5.15. The summed E-state index contributed by atoms with van der Waals surface area (Å²) in [5.74, 6) is 0.518. The van der Waals surface area contributed by atoms with Crippen LogP contribution < -0.4 is 10.6 Å². The number of hydrogen-bond donors (Lipinski definition) is 3. The second-order valence-electron chi connectivity index (χ2n) is 7.28. The normalized spacial score (nSPS) is 10.8. The van der Waals surface area contributed by atoms with Crippen molar-refractivity contribution in [3.8, 4) is 17.0 Å². The van der Waals surface area contributed by atoms with Gasteiger partial charge in [-0.15, -0.1) is 0 Å². The first-order valence-corrected chi connectivity index (χ1v) is 11.4. The molecule has 4 rings (SSSR count). The van der Waals surface area contributed by atoms with E-state index < -0.39 is 0 Å². The fourth-order valence-electron chi connectivity index (χ4n) is 3.28. The molecule has 0 aliphatic carbocycles. The van der Waals surface area contributed by atoms with E-state index in [0.717, 1.165) is 22.8 Å². The molecule has 7 nitrogen and oxygen atoms in total. The number of aryl methyl sites for hydroxylation is 1. The summed E-state index contributed by atoms with van der Waals surface area (Å²) >= 11 is 2.13. The standard InChI is InChI=1S/C24H22IN5O2/c25-17-9-10-18(21(31)14-17)20-15-27-19-11-12-22(29-23(19)28-20)30-24(32)26-13-5-4-8-16-6-2-1-3-7-16/h1-3,6-7,9-12,14-15,31H,4-5,8,13H2,(H2,26,28,29,30,32). The van der Waals surface area contributed by atoms with Crippen LogP contribution in [0.25, 0.3) is 22.4 Å². The third-order valence-electron chi connectivity index (χ3n) is 4.90. The minimum Gasteiger partial charge on any atom is -0.507 e. The molecule has 0 saturated carbocycles. The lowest BCUT2D eigenvalue weighted by Gasteiger charge is -2.08. The number of nitrogens with zero attached hydrogens (tertiary/aromatic N) is 3. The van der Waals surface area contributed by atoms with Gasteiger partial charge in [-0.2, -0.15) is 0 Å². The molecule has 0 unspecified atom stereocenters. The number of benzene rings is 2. The van der Waals surface area contributed by atoms with Crippen molar-refractivity contribution in [3.05, 3.63) is 76.0 Å².